The maximum Gasteiger partial charge on any atom is 0.243 e. The molecule has 4 nitrogen and oxygen atoms in total. The summed E-state index contributed by atoms with van der Waals surface area (Å²) in [6, 6.07) is 6.80. The molecule has 5 heteroatoms. The van der Waals surface area contributed by atoms with Gasteiger partial charge in [0, 0.05) is 19.7 Å². The second kappa shape index (κ2) is 7.43. The highest BCUT2D eigenvalue weighted by Crippen LogP contribution is 2.16. The Morgan fingerprint density at radius 3 is 2.42 bits per heavy atom. The Morgan fingerprint density at radius 1 is 1.26 bits per heavy atom. The predicted molar refractivity (Wildman–Crippen MR) is 76.5 cm³/mol. The molecule has 1 N–H and O–H groups in total. The molecular weight excluding hydrogens is 262 g/mol. The van der Waals surface area contributed by atoms with Crippen molar-refractivity contribution in [2.45, 2.75) is 25.2 Å². The fourth-order valence-corrected chi connectivity index (χ4v) is 3.07. The van der Waals surface area contributed by atoms with Crippen molar-refractivity contribution >= 4 is 10.0 Å². The largest absolute Gasteiger partial charge is 0.396 e. The molecule has 0 fully saturated rings. The van der Waals surface area contributed by atoms with E-state index in [2.05, 4.69) is 0 Å². The van der Waals surface area contributed by atoms with Gasteiger partial charge in [-0.15, -0.1) is 0 Å². The highest BCUT2D eigenvalue weighted by molar-refractivity contribution is 7.89. The first-order valence-corrected chi connectivity index (χ1v) is 7.75. The fourth-order valence-electron chi connectivity index (χ4n) is 1.64. The Balaban J connectivity index is 3.00. The van der Waals surface area contributed by atoms with Crippen LogP contribution in [0.15, 0.2) is 41.3 Å². The smallest absolute Gasteiger partial charge is 0.243 e. The number of sulfonamides is 1. The quantitative estimate of drug-likeness (QED) is 0.778. The summed E-state index contributed by atoms with van der Waals surface area (Å²) in [6.07, 6.45) is 4.04. The minimum Gasteiger partial charge on any atom is -0.396 e. The number of aryl methyl sites for hydroxylation is 1. The average molecular weight is 283 g/mol. The van der Waals surface area contributed by atoms with Crippen molar-refractivity contribution in [1.29, 1.82) is 0 Å². The van der Waals surface area contributed by atoms with Gasteiger partial charge in [-0.2, -0.15) is 4.31 Å². The molecule has 1 rings (SSSR count). The molecule has 0 aromatic heterocycles. The second-order valence-corrected chi connectivity index (χ2v) is 6.26. The predicted octanol–water partition coefficient (Wildman–Crippen LogP) is 1.94. The Morgan fingerprint density at radius 2 is 1.89 bits per heavy atom. The van der Waals surface area contributed by atoms with Gasteiger partial charge >= 0.3 is 0 Å². The molecule has 0 aliphatic rings. The second-order valence-electron chi connectivity index (χ2n) is 4.32. The summed E-state index contributed by atoms with van der Waals surface area (Å²) < 4.78 is 26.3. The SMILES string of the molecule is C/C=C/CN(CCCO)S(=O)(=O)c1ccc(C)cc1. The average Bonchev–Trinajstić information content (AvgIpc) is 2.39. The molecule has 0 saturated heterocycles. The third kappa shape index (κ3) is 4.45. The van der Waals surface area contributed by atoms with Crippen LogP contribution in [-0.2, 0) is 10.0 Å². The maximum absolute atomic E-state index is 12.5. The van der Waals surface area contributed by atoms with Gasteiger partial charge in [-0.3, -0.25) is 0 Å². The molecule has 1 aromatic carbocycles. The zero-order chi connectivity index (χ0) is 14.3. The summed E-state index contributed by atoms with van der Waals surface area (Å²) in [6.45, 7) is 4.39. The Hall–Kier alpha value is -1.17. The summed E-state index contributed by atoms with van der Waals surface area (Å²) in [5.41, 5.74) is 1.02. The van der Waals surface area contributed by atoms with Gasteiger partial charge in [-0.05, 0) is 32.4 Å². The Bertz CT molecular complexity index is 506. The molecule has 0 amide bonds. The van der Waals surface area contributed by atoms with E-state index in [-0.39, 0.29) is 6.61 Å². The lowest BCUT2D eigenvalue weighted by Gasteiger charge is -2.20. The van der Waals surface area contributed by atoms with E-state index in [9.17, 15) is 8.42 Å². The lowest BCUT2D eigenvalue weighted by molar-refractivity contribution is 0.272. The molecule has 0 bridgehead atoms. The van der Waals surface area contributed by atoms with E-state index in [1.807, 2.05) is 19.9 Å². The number of hydrogen-bond acceptors (Lipinski definition) is 3. The topological polar surface area (TPSA) is 57.6 Å². The van der Waals surface area contributed by atoms with Crippen LogP contribution in [0.3, 0.4) is 0 Å². The minimum absolute atomic E-state index is 0.0181. The number of aliphatic hydroxyl groups excluding tert-OH is 1. The van der Waals surface area contributed by atoms with E-state index < -0.39 is 10.0 Å². The van der Waals surface area contributed by atoms with E-state index in [0.717, 1.165) is 5.56 Å². The highest BCUT2D eigenvalue weighted by Gasteiger charge is 2.22. The van der Waals surface area contributed by atoms with Crippen LogP contribution in [0.2, 0.25) is 0 Å². The first-order chi connectivity index (χ1) is 9.02. The van der Waals surface area contributed by atoms with Gasteiger partial charge in [-0.25, -0.2) is 8.42 Å². The van der Waals surface area contributed by atoms with Gasteiger partial charge in [-0.1, -0.05) is 29.8 Å². The van der Waals surface area contributed by atoms with Crippen molar-refractivity contribution in [3.63, 3.8) is 0 Å². The van der Waals surface area contributed by atoms with E-state index >= 15 is 0 Å². The molecular formula is C14H21NO3S. The van der Waals surface area contributed by atoms with Gasteiger partial charge in [0.25, 0.3) is 0 Å². The number of aliphatic hydroxyl groups is 1. The number of hydrogen-bond donors (Lipinski definition) is 1. The molecule has 0 aliphatic heterocycles. The van der Waals surface area contributed by atoms with Crippen LogP contribution in [0, 0.1) is 6.92 Å². The number of benzene rings is 1. The number of nitrogens with zero attached hydrogens (tertiary/aromatic N) is 1. The lowest BCUT2D eigenvalue weighted by Crippen LogP contribution is -2.32. The van der Waals surface area contributed by atoms with Crippen molar-refractivity contribution in [3.05, 3.63) is 42.0 Å². The van der Waals surface area contributed by atoms with Crippen LogP contribution in [0.1, 0.15) is 18.9 Å². The van der Waals surface area contributed by atoms with Gasteiger partial charge in [0.05, 0.1) is 4.90 Å². The summed E-state index contributed by atoms with van der Waals surface area (Å²) in [7, 11) is -3.49. The number of rotatable bonds is 7. The van der Waals surface area contributed by atoms with E-state index in [1.54, 1.807) is 30.3 Å². The lowest BCUT2D eigenvalue weighted by atomic mass is 10.2. The molecule has 19 heavy (non-hydrogen) atoms. The first kappa shape index (κ1) is 15.9. The standard InChI is InChI=1S/C14H21NO3S/c1-3-4-10-15(11-5-12-16)19(17,18)14-8-6-13(2)7-9-14/h3-4,6-9,16H,5,10-12H2,1-2H3/b4-3+. The molecule has 0 spiro atoms. The molecule has 0 unspecified atom stereocenters. The van der Waals surface area contributed by atoms with E-state index in [4.69, 9.17) is 5.11 Å². The molecule has 0 radical (unpaired) electrons. The van der Waals surface area contributed by atoms with Crippen molar-refractivity contribution in [3.8, 4) is 0 Å². The summed E-state index contributed by atoms with van der Waals surface area (Å²) >= 11 is 0. The Labute approximate surface area is 115 Å². The monoisotopic (exact) mass is 283 g/mol. The van der Waals surface area contributed by atoms with Gasteiger partial charge < -0.3 is 5.11 Å². The molecule has 1 aromatic rings. The van der Waals surface area contributed by atoms with Gasteiger partial charge in [0.1, 0.15) is 0 Å². The zero-order valence-electron chi connectivity index (χ0n) is 11.4. The molecule has 0 aliphatic carbocycles. The van der Waals surface area contributed by atoms with E-state index in [1.165, 1.54) is 4.31 Å². The number of allylic oxidation sites excluding steroid dienone is 1. The van der Waals surface area contributed by atoms with E-state index in [0.29, 0.717) is 24.4 Å². The van der Waals surface area contributed by atoms with Crippen molar-refractivity contribution < 1.29 is 13.5 Å². The first-order valence-electron chi connectivity index (χ1n) is 6.31. The summed E-state index contributed by atoms with van der Waals surface area (Å²) in [5, 5.41) is 8.87. The van der Waals surface area contributed by atoms with Crippen LogP contribution in [0.4, 0.5) is 0 Å². The van der Waals surface area contributed by atoms with Crippen LogP contribution < -0.4 is 0 Å². The maximum atomic E-state index is 12.5. The van der Waals surface area contributed by atoms with Crippen LogP contribution in [0.25, 0.3) is 0 Å². The molecule has 106 valence electrons. The van der Waals surface area contributed by atoms with Crippen molar-refractivity contribution in [1.82, 2.24) is 4.31 Å². The summed E-state index contributed by atoms with van der Waals surface area (Å²) in [5.74, 6) is 0. The molecule has 0 heterocycles. The van der Waals surface area contributed by atoms with Gasteiger partial charge in [0.2, 0.25) is 10.0 Å². The highest BCUT2D eigenvalue weighted by atomic mass is 32.2. The zero-order valence-corrected chi connectivity index (χ0v) is 12.2. The Kier molecular flexibility index (Phi) is 6.21. The fraction of sp³-hybridized carbons (Fsp3) is 0.429. The summed E-state index contributed by atoms with van der Waals surface area (Å²) in [4.78, 5) is 0.292. The molecule has 0 atom stereocenters. The normalized spacial score (nSPS) is 12.4. The third-order valence-electron chi connectivity index (χ3n) is 2.77. The van der Waals surface area contributed by atoms with Crippen molar-refractivity contribution in [2.24, 2.45) is 0 Å². The molecule has 0 saturated carbocycles. The minimum atomic E-state index is -3.49. The third-order valence-corrected chi connectivity index (χ3v) is 4.65. The van der Waals surface area contributed by atoms with Crippen molar-refractivity contribution in [2.75, 3.05) is 19.7 Å². The van der Waals surface area contributed by atoms with Crippen LogP contribution in [-0.4, -0.2) is 37.5 Å². The van der Waals surface area contributed by atoms with Crippen LogP contribution >= 0.6 is 0 Å². The van der Waals surface area contributed by atoms with Crippen LogP contribution in [0.5, 0.6) is 0 Å². The van der Waals surface area contributed by atoms with Gasteiger partial charge in [0.15, 0.2) is 0 Å².